The van der Waals surface area contributed by atoms with Crippen molar-refractivity contribution in [2.24, 2.45) is 0 Å². The van der Waals surface area contributed by atoms with Crippen molar-refractivity contribution >= 4 is 0 Å². The van der Waals surface area contributed by atoms with E-state index in [1.165, 1.54) is 0 Å². The Morgan fingerprint density at radius 3 is 2.16 bits per heavy atom. The summed E-state index contributed by atoms with van der Waals surface area (Å²) in [6, 6.07) is 12.1. The molecule has 0 aliphatic carbocycles. The first-order chi connectivity index (χ1) is 12.2. The number of likely N-dealkylation sites (N-methyl/N-ethyl adjacent to an activating group) is 1. The Bertz CT molecular complexity index is 680. The number of methoxy groups -OCH3 is 2. The van der Waals surface area contributed by atoms with Crippen molar-refractivity contribution in [3.63, 3.8) is 0 Å². The second-order valence-electron chi connectivity index (χ2n) is 6.30. The topological polar surface area (TPSA) is 37.8 Å². The molecule has 0 N–H and O–H groups in total. The number of aromatic nitrogens is 1. The third-order valence-corrected chi connectivity index (χ3v) is 4.82. The van der Waals surface area contributed by atoms with E-state index in [9.17, 15) is 0 Å². The van der Waals surface area contributed by atoms with Gasteiger partial charge in [-0.25, -0.2) is 4.98 Å². The lowest BCUT2D eigenvalue weighted by molar-refractivity contribution is 0.131. The maximum atomic E-state index is 5.56. The molecule has 1 fully saturated rings. The molecule has 1 aromatic carbocycles. The Balaban J connectivity index is 1.73. The first kappa shape index (κ1) is 17.7. The van der Waals surface area contributed by atoms with Gasteiger partial charge in [0.15, 0.2) is 0 Å². The maximum Gasteiger partial charge on any atom is 0.218 e. The highest BCUT2D eigenvalue weighted by Crippen LogP contribution is 2.26. The number of ether oxygens (including phenoxy) is 2. The van der Waals surface area contributed by atoms with Gasteiger partial charge in [0.05, 0.1) is 19.9 Å². The van der Waals surface area contributed by atoms with Crippen molar-refractivity contribution in [1.29, 1.82) is 0 Å². The summed E-state index contributed by atoms with van der Waals surface area (Å²) < 4.78 is 10.8. The summed E-state index contributed by atoms with van der Waals surface area (Å²) in [7, 11) is 3.37. The highest BCUT2D eigenvalue weighted by atomic mass is 16.5. The average molecular weight is 341 g/mol. The minimum Gasteiger partial charge on any atom is -0.497 e. The van der Waals surface area contributed by atoms with E-state index in [4.69, 9.17) is 14.5 Å². The molecule has 0 bridgehead atoms. The Labute approximate surface area is 150 Å². The van der Waals surface area contributed by atoms with E-state index < -0.39 is 0 Å². The van der Waals surface area contributed by atoms with Crippen molar-refractivity contribution in [2.45, 2.75) is 13.5 Å². The van der Waals surface area contributed by atoms with E-state index in [0.29, 0.717) is 5.88 Å². The zero-order valence-electron chi connectivity index (χ0n) is 15.4. The molecule has 5 heteroatoms. The molecule has 1 aliphatic rings. The summed E-state index contributed by atoms with van der Waals surface area (Å²) in [6.45, 7) is 8.70. The van der Waals surface area contributed by atoms with Crippen LogP contribution in [0, 0.1) is 0 Å². The van der Waals surface area contributed by atoms with Gasteiger partial charge in [0.1, 0.15) is 5.75 Å². The summed E-state index contributed by atoms with van der Waals surface area (Å²) in [4.78, 5) is 9.67. The molecule has 25 heavy (non-hydrogen) atoms. The van der Waals surface area contributed by atoms with Gasteiger partial charge >= 0.3 is 0 Å². The predicted molar refractivity (Wildman–Crippen MR) is 100 cm³/mol. The van der Waals surface area contributed by atoms with Crippen LogP contribution in [-0.2, 0) is 6.54 Å². The highest BCUT2D eigenvalue weighted by molar-refractivity contribution is 5.61. The zero-order valence-corrected chi connectivity index (χ0v) is 15.4. The number of benzene rings is 1. The fourth-order valence-corrected chi connectivity index (χ4v) is 3.19. The molecule has 0 radical (unpaired) electrons. The van der Waals surface area contributed by atoms with Gasteiger partial charge in [-0.05, 0) is 36.9 Å². The normalized spacial score (nSPS) is 16.0. The molecule has 0 atom stereocenters. The first-order valence-corrected chi connectivity index (χ1v) is 8.86. The van der Waals surface area contributed by atoms with Gasteiger partial charge in [0, 0.05) is 43.9 Å². The molecule has 5 nitrogen and oxygen atoms in total. The third-order valence-electron chi connectivity index (χ3n) is 4.82. The molecule has 1 aromatic heterocycles. The second-order valence-corrected chi connectivity index (χ2v) is 6.30. The average Bonchev–Trinajstić information content (AvgIpc) is 2.69. The minimum absolute atomic E-state index is 0.714. The number of piperazine rings is 1. The Hall–Kier alpha value is -2.11. The minimum atomic E-state index is 0.714. The summed E-state index contributed by atoms with van der Waals surface area (Å²) in [5.41, 5.74) is 3.12. The van der Waals surface area contributed by atoms with Gasteiger partial charge in [-0.1, -0.05) is 13.0 Å². The van der Waals surface area contributed by atoms with E-state index in [0.717, 1.165) is 61.8 Å². The third kappa shape index (κ3) is 4.30. The smallest absolute Gasteiger partial charge is 0.218 e. The molecule has 0 saturated carbocycles. The molecule has 0 spiro atoms. The van der Waals surface area contributed by atoms with Crippen LogP contribution >= 0.6 is 0 Å². The highest BCUT2D eigenvalue weighted by Gasteiger charge is 2.18. The molecular formula is C20H27N3O2. The van der Waals surface area contributed by atoms with Crippen LogP contribution in [0.3, 0.4) is 0 Å². The number of hydrogen-bond acceptors (Lipinski definition) is 5. The van der Waals surface area contributed by atoms with Crippen LogP contribution in [0.2, 0.25) is 0 Å². The van der Waals surface area contributed by atoms with Gasteiger partial charge < -0.3 is 14.4 Å². The van der Waals surface area contributed by atoms with E-state index in [2.05, 4.69) is 28.9 Å². The van der Waals surface area contributed by atoms with Gasteiger partial charge in [-0.3, -0.25) is 4.90 Å². The van der Waals surface area contributed by atoms with Gasteiger partial charge in [0.25, 0.3) is 0 Å². The van der Waals surface area contributed by atoms with Crippen LogP contribution < -0.4 is 9.47 Å². The SMILES string of the molecule is CCN1CCN(Cc2ccc(-c3ccc(OC)cc3)nc2OC)CC1. The first-order valence-electron chi connectivity index (χ1n) is 8.86. The number of pyridine rings is 1. The lowest BCUT2D eigenvalue weighted by Gasteiger charge is -2.34. The molecule has 0 unspecified atom stereocenters. The van der Waals surface area contributed by atoms with Crippen LogP contribution in [0.25, 0.3) is 11.3 Å². The van der Waals surface area contributed by atoms with Crippen LogP contribution in [0.1, 0.15) is 12.5 Å². The van der Waals surface area contributed by atoms with Crippen molar-refractivity contribution in [2.75, 3.05) is 46.9 Å². The summed E-state index contributed by atoms with van der Waals surface area (Å²) in [5, 5.41) is 0. The monoisotopic (exact) mass is 341 g/mol. The molecule has 134 valence electrons. The van der Waals surface area contributed by atoms with E-state index in [1.54, 1.807) is 14.2 Å². The van der Waals surface area contributed by atoms with Crippen LogP contribution in [-0.4, -0.2) is 61.7 Å². The van der Waals surface area contributed by atoms with Gasteiger partial charge in [-0.15, -0.1) is 0 Å². The van der Waals surface area contributed by atoms with Crippen LogP contribution in [0.4, 0.5) is 0 Å². The molecule has 0 amide bonds. The van der Waals surface area contributed by atoms with Crippen molar-refractivity contribution in [3.05, 3.63) is 42.0 Å². The summed E-state index contributed by atoms with van der Waals surface area (Å²) >= 11 is 0. The molecule has 1 saturated heterocycles. The second kappa shape index (κ2) is 8.32. The van der Waals surface area contributed by atoms with Crippen molar-refractivity contribution in [3.8, 4) is 22.9 Å². The van der Waals surface area contributed by atoms with E-state index in [1.807, 2.05) is 24.3 Å². The fraction of sp³-hybridized carbons (Fsp3) is 0.450. The van der Waals surface area contributed by atoms with Crippen molar-refractivity contribution < 1.29 is 9.47 Å². The standard InChI is InChI=1S/C20H27N3O2/c1-4-22-11-13-23(14-12-22)15-17-7-10-19(21-20(17)25-3)16-5-8-18(24-2)9-6-16/h5-10H,4,11-15H2,1-3H3. The summed E-state index contributed by atoms with van der Waals surface area (Å²) in [5.74, 6) is 1.56. The van der Waals surface area contributed by atoms with Crippen LogP contribution in [0.5, 0.6) is 11.6 Å². The van der Waals surface area contributed by atoms with Gasteiger partial charge in [-0.2, -0.15) is 0 Å². The Kier molecular flexibility index (Phi) is 5.89. The molecule has 1 aliphatic heterocycles. The predicted octanol–water partition coefficient (Wildman–Crippen LogP) is 2.90. The quantitative estimate of drug-likeness (QED) is 0.808. The summed E-state index contributed by atoms with van der Waals surface area (Å²) in [6.07, 6.45) is 0. The molecule has 2 aromatic rings. The number of rotatable bonds is 6. The van der Waals surface area contributed by atoms with Crippen molar-refractivity contribution in [1.82, 2.24) is 14.8 Å². The number of nitrogens with zero attached hydrogens (tertiary/aromatic N) is 3. The maximum absolute atomic E-state index is 5.56. The fourth-order valence-electron chi connectivity index (χ4n) is 3.19. The molecule has 2 heterocycles. The zero-order chi connectivity index (χ0) is 17.6. The van der Waals surface area contributed by atoms with E-state index >= 15 is 0 Å². The Morgan fingerprint density at radius 2 is 1.56 bits per heavy atom. The molecular weight excluding hydrogens is 314 g/mol. The molecule has 3 rings (SSSR count). The number of hydrogen-bond donors (Lipinski definition) is 0. The lowest BCUT2D eigenvalue weighted by Crippen LogP contribution is -2.45. The lowest BCUT2D eigenvalue weighted by atomic mass is 10.1. The largest absolute Gasteiger partial charge is 0.497 e. The van der Waals surface area contributed by atoms with E-state index in [-0.39, 0.29) is 0 Å². The Morgan fingerprint density at radius 1 is 0.880 bits per heavy atom. The van der Waals surface area contributed by atoms with Crippen LogP contribution in [0.15, 0.2) is 36.4 Å². The van der Waals surface area contributed by atoms with Gasteiger partial charge in [0.2, 0.25) is 5.88 Å².